The molecule has 1 fully saturated rings. The van der Waals surface area contributed by atoms with E-state index in [9.17, 15) is 9.59 Å². The van der Waals surface area contributed by atoms with Crippen LogP contribution in [0, 0.1) is 5.92 Å². The van der Waals surface area contributed by atoms with Crippen LogP contribution in [0.15, 0.2) is 30.3 Å². The molecule has 0 bridgehead atoms. The average Bonchev–Trinajstić information content (AvgIpc) is 3.09. The predicted octanol–water partition coefficient (Wildman–Crippen LogP) is 4.50. The fraction of sp³-hybridized carbons (Fsp3) is 0.619. The smallest absolute Gasteiger partial charge is 0.410 e. The summed E-state index contributed by atoms with van der Waals surface area (Å²) in [5, 5.41) is -0.0247. The molecule has 1 saturated heterocycles. The zero-order valence-electron chi connectivity index (χ0n) is 16.9. The molecule has 0 aliphatic carbocycles. The van der Waals surface area contributed by atoms with Crippen LogP contribution in [-0.4, -0.2) is 46.7 Å². The molecule has 0 spiro atoms. The topological polar surface area (TPSA) is 55.8 Å². The van der Waals surface area contributed by atoms with Crippen molar-refractivity contribution < 1.29 is 19.1 Å². The van der Waals surface area contributed by atoms with E-state index in [0.29, 0.717) is 6.54 Å². The van der Waals surface area contributed by atoms with E-state index in [-0.39, 0.29) is 35.9 Å². The number of likely N-dealkylation sites (tertiary alicyclic amines) is 1. The monoisotopic (exact) mass is 393 g/mol. The molecule has 1 aliphatic rings. The first-order valence-corrected chi connectivity index (χ1v) is 10.7. The van der Waals surface area contributed by atoms with E-state index >= 15 is 0 Å². The number of carbonyl (C=O) groups excluding carboxylic acids is 2. The van der Waals surface area contributed by atoms with Crippen molar-refractivity contribution in [2.45, 2.75) is 64.0 Å². The van der Waals surface area contributed by atoms with Gasteiger partial charge in [0.25, 0.3) is 0 Å². The van der Waals surface area contributed by atoms with Crippen LogP contribution >= 0.6 is 11.8 Å². The summed E-state index contributed by atoms with van der Waals surface area (Å²) >= 11 is 1.61. The van der Waals surface area contributed by atoms with Gasteiger partial charge in [-0.15, -0.1) is 0 Å². The highest BCUT2D eigenvalue weighted by molar-refractivity contribution is 7.99. The van der Waals surface area contributed by atoms with Gasteiger partial charge >= 0.3 is 12.1 Å². The maximum absolute atomic E-state index is 12.6. The molecule has 1 heterocycles. The number of amides is 1. The number of esters is 1. The molecule has 0 saturated carbocycles. The standard InChI is InChI=1S/C21H31NO4S/c1-15(19(23)25-14-16-10-7-6-8-11-16)18(27-5)17-12-9-13-22(17)20(24)26-21(2,3)4/h6-8,10-11,15,17-18H,9,12-14H2,1-5H3/t15-,17?,18+/m0/s1. The van der Waals surface area contributed by atoms with Crippen molar-refractivity contribution >= 4 is 23.8 Å². The van der Waals surface area contributed by atoms with E-state index < -0.39 is 5.60 Å². The maximum atomic E-state index is 12.6. The molecular formula is C21H31NO4S. The second kappa shape index (κ2) is 9.49. The normalized spacial score (nSPS) is 19.4. The van der Waals surface area contributed by atoms with E-state index in [1.165, 1.54) is 0 Å². The Hall–Kier alpha value is -1.69. The molecule has 0 aromatic heterocycles. The molecule has 27 heavy (non-hydrogen) atoms. The number of hydrogen-bond donors (Lipinski definition) is 0. The number of ether oxygens (including phenoxy) is 2. The Bertz CT molecular complexity index is 629. The van der Waals surface area contributed by atoms with Crippen LogP contribution in [0.3, 0.4) is 0 Å². The predicted molar refractivity (Wildman–Crippen MR) is 109 cm³/mol. The van der Waals surface area contributed by atoms with Crippen LogP contribution in [0.5, 0.6) is 0 Å². The first-order valence-electron chi connectivity index (χ1n) is 9.46. The van der Waals surface area contributed by atoms with Gasteiger partial charge in [0.05, 0.1) is 5.92 Å². The SMILES string of the molecule is CS[C@@H](C1CCCN1C(=O)OC(C)(C)C)[C@H](C)C(=O)OCc1ccccc1. The molecule has 6 heteroatoms. The fourth-order valence-corrected chi connectivity index (χ4v) is 4.49. The molecule has 0 radical (unpaired) electrons. The van der Waals surface area contributed by atoms with Gasteiger partial charge in [0.1, 0.15) is 12.2 Å². The van der Waals surface area contributed by atoms with Gasteiger partial charge < -0.3 is 14.4 Å². The summed E-state index contributed by atoms with van der Waals surface area (Å²) in [6, 6.07) is 9.64. The Labute approximate surface area is 166 Å². The van der Waals surface area contributed by atoms with Crippen molar-refractivity contribution in [3.8, 4) is 0 Å². The Morgan fingerprint density at radius 3 is 2.52 bits per heavy atom. The van der Waals surface area contributed by atoms with E-state index in [4.69, 9.17) is 9.47 Å². The van der Waals surface area contributed by atoms with Crippen LogP contribution in [0.2, 0.25) is 0 Å². The van der Waals surface area contributed by atoms with Crippen LogP contribution < -0.4 is 0 Å². The van der Waals surface area contributed by atoms with Crippen LogP contribution in [0.25, 0.3) is 0 Å². The third-order valence-corrected chi connectivity index (χ3v) is 5.93. The van der Waals surface area contributed by atoms with E-state index in [1.54, 1.807) is 16.7 Å². The first-order chi connectivity index (χ1) is 12.7. The molecule has 1 aromatic carbocycles. The van der Waals surface area contributed by atoms with Crippen molar-refractivity contribution in [3.05, 3.63) is 35.9 Å². The lowest BCUT2D eigenvalue weighted by Crippen LogP contribution is -2.47. The second-order valence-electron chi connectivity index (χ2n) is 7.97. The summed E-state index contributed by atoms with van der Waals surface area (Å²) in [6.45, 7) is 8.43. The first kappa shape index (κ1) is 21.6. The van der Waals surface area contributed by atoms with Crippen molar-refractivity contribution in [3.63, 3.8) is 0 Å². The minimum absolute atomic E-state index is 0.0193. The third kappa shape index (κ3) is 6.16. The van der Waals surface area contributed by atoms with Gasteiger partial charge in [-0.25, -0.2) is 4.79 Å². The fourth-order valence-electron chi connectivity index (χ4n) is 3.37. The highest BCUT2D eigenvalue weighted by Gasteiger charge is 2.41. The molecule has 0 N–H and O–H groups in total. The summed E-state index contributed by atoms with van der Waals surface area (Å²) in [6.07, 6.45) is 3.49. The molecule has 3 atom stereocenters. The molecule has 1 unspecified atom stereocenters. The third-order valence-electron chi connectivity index (χ3n) is 4.67. The quantitative estimate of drug-likeness (QED) is 0.666. The largest absolute Gasteiger partial charge is 0.461 e. The summed E-state index contributed by atoms with van der Waals surface area (Å²) in [5.74, 6) is -0.536. The number of nitrogens with zero attached hydrogens (tertiary/aromatic N) is 1. The van der Waals surface area contributed by atoms with Crippen molar-refractivity contribution in [2.24, 2.45) is 5.92 Å². The Balaban J connectivity index is 2.00. The Morgan fingerprint density at radius 1 is 1.26 bits per heavy atom. The molecule has 5 nitrogen and oxygen atoms in total. The lowest BCUT2D eigenvalue weighted by atomic mass is 9.99. The van der Waals surface area contributed by atoms with Gasteiger partial charge in [0.15, 0.2) is 0 Å². The van der Waals surface area contributed by atoms with Gasteiger partial charge in [-0.05, 0) is 45.4 Å². The van der Waals surface area contributed by atoms with Gasteiger partial charge in [-0.3, -0.25) is 4.79 Å². The minimum Gasteiger partial charge on any atom is -0.461 e. The molecule has 1 amide bonds. The molecule has 1 aliphatic heterocycles. The van der Waals surface area contributed by atoms with Gasteiger partial charge in [-0.1, -0.05) is 37.3 Å². The number of rotatable bonds is 6. The molecule has 2 rings (SSSR count). The van der Waals surface area contributed by atoms with E-state index in [2.05, 4.69) is 0 Å². The number of carbonyl (C=O) groups is 2. The van der Waals surface area contributed by atoms with Crippen molar-refractivity contribution in [1.29, 1.82) is 0 Å². The van der Waals surface area contributed by atoms with E-state index in [1.807, 2.05) is 64.3 Å². The zero-order chi connectivity index (χ0) is 20.0. The second-order valence-corrected chi connectivity index (χ2v) is 8.98. The highest BCUT2D eigenvalue weighted by atomic mass is 32.2. The molecule has 150 valence electrons. The summed E-state index contributed by atoms with van der Waals surface area (Å²) in [7, 11) is 0. The van der Waals surface area contributed by atoms with Crippen molar-refractivity contribution in [1.82, 2.24) is 4.90 Å². The average molecular weight is 394 g/mol. The highest BCUT2D eigenvalue weighted by Crippen LogP contribution is 2.33. The van der Waals surface area contributed by atoms with Crippen LogP contribution in [-0.2, 0) is 20.9 Å². The van der Waals surface area contributed by atoms with Gasteiger partial charge in [0, 0.05) is 17.8 Å². The van der Waals surface area contributed by atoms with Crippen LogP contribution in [0.4, 0.5) is 4.79 Å². The lowest BCUT2D eigenvalue weighted by molar-refractivity contribution is -0.149. The lowest BCUT2D eigenvalue weighted by Gasteiger charge is -2.34. The Kier molecular flexibility index (Phi) is 7.59. The minimum atomic E-state index is -0.528. The molecule has 1 aromatic rings. The number of thioether (sulfide) groups is 1. The summed E-state index contributed by atoms with van der Waals surface area (Å²) in [4.78, 5) is 27.0. The number of benzene rings is 1. The van der Waals surface area contributed by atoms with Crippen molar-refractivity contribution in [2.75, 3.05) is 12.8 Å². The summed E-state index contributed by atoms with van der Waals surface area (Å²) < 4.78 is 11.1. The molecular weight excluding hydrogens is 362 g/mol. The zero-order valence-corrected chi connectivity index (χ0v) is 17.8. The maximum Gasteiger partial charge on any atom is 0.410 e. The summed E-state index contributed by atoms with van der Waals surface area (Å²) in [5.41, 5.74) is 0.439. The van der Waals surface area contributed by atoms with E-state index in [0.717, 1.165) is 18.4 Å². The van der Waals surface area contributed by atoms with Gasteiger partial charge in [-0.2, -0.15) is 11.8 Å². The number of hydrogen-bond acceptors (Lipinski definition) is 5. The van der Waals surface area contributed by atoms with Gasteiger partial charge in [0.2, 0.25) is 0 Å². The van der Waals surface area contributed by atoms with Crippen LogP contribution in [0.1, 0.15) is 46.1 Å². The Morgan fingerprint density at radius 2 is 1.93 bits per heavy atom.